The van der Waals surface area contributed by atoms with Gasteiger partial charge in [-0.25, -0.2) is 10.9 Å². The van der Waals surface area contributed by atoms with Crippen LogP contribution in [-0.2, 0) is 9.59 Å². The van der Waals surface area contributed by atoms with Gasteiger partial charge in [-0.15, -0.1) is 0 Å². The van der Waals surface area contributed by atoms with E-state index in [1.165, 1.54) is 0 Å². The van der Waals surface area contributed by atoms with E-state index >= 15 is 0 Å². The molecule has 9 N–H and O–H groups in total. The number of hydrazine groups is 1. The predicted octanol–water partition coefficient (Wildman–Crippen LogP) is -2.84. The van der Waals surface area contributed by atoms with E-state index in [0.29, 0.717) is 5.01 Å². The Balaban J connectivity index is 4.07. The van der Waals surface area contributed by atoms with Gasteiger partial charge in [-0.3, -0.25) is 15.0 Å². The molecule has 0 aromatic carbocycles. The summed E-state index contributed by atoms with van der Waals surface area (Å²) in [6, 6.07) is 0. The number of rotatable bonds is 3. The van der Waals surface area contributed by atoms with Crippen LogP contribution < -0.4 is 23.0 Å². The molecule has 0 fully saturated rings. The Morgan fingerprint density at radius 1 is 1.20 bits per heavy atom. The summed E-state index contributed by atoms with van der Waals surface area (Å²) in [7, 11) is 0. The van der Waals surface area contributed by atoms with Gasteiger partial charge in [0.1, 0.15) is 0 Å². The Labute approximate surface area is 85.6 Å². The van der Waals surface area contributed by atoms with Crippen LogP contribution in [0.1, 0.15) is 12.8 Å². The molecule has 84 valence electrons. The van der Waals surface area contributed by atoms with Crippen LogP contribution in [0, 0.1) is 5.41 Å². The van der Waals surface area contributed by atoms with Crippen molar-refractivity contribution in [3.8, 4) is 0 Å². The summed E-state index contributed by atoms with van der Waals surface area (Å²) in [4.78, 5) is 25.2. The standard InChI is InChI=1S/C6H13N7O2/c7-5(8)12-3(14)1-2-4(15)13(11)6(9)10/h1-2,11H2,(H3,9,10)(H4,7,8,12,14). The smallest absolute Gasteiger partial charge is 0.249 e. The zero-order chi connectivity index (χ0) is 12.0. The van der Waals surface area contributed by atoms with Gasteiger partial charge in [0.15, 0.2) is 5.96 Å². The molecular weight excluding hydrogens is 202 g/mol. The molecule has 0 heterocycles. The lowest BCUT2D eigenvalue weighted by Crippen LogP contribution is -2.46. The molecule has 0 saturated carbocycles. The maximum Gasteiger partial charge on any atom is 0.249 e. The first-order valence-electron chi connectivity index (χ1n) is 3.88. The van der Waals surface area contributed by atoms with Gasteiger partial charge in [0, 0.05) is 12.8 Å². The van der Waals surface area contributed by atoms with E-state index in [2.05, 4.69) is 4.99 Å². The van der Waals surface area contributed by atoms with Crippen LogP contribution in [-0.4, -0.2) is 28.7 Å². The summed E-state index contributed by atoms with van der Waals surface area (Å²) in [5, 5.41) is 7.27. The minimum Gasteiger partial charge on any atom is -0.370 e. The van der Waals surface area contributed by atoms with Gasteiger partial charge in [-0.1, -0.05) is 0 Å². The van der Waals surface area contributed by atoms with Crippen LogP contribution in [0.3, 0.4) is 0 Å². The van der Waals surface area contributed by atoms with Crippen LogP contribution in [0.5, 0.6) is 0 Å². The number of hydrogen-bond donors (Lipinski definition) is 5. The maximum absolute atomic E-state index is 11.1. The zero-order valence-corrected chi connectivity index (χ0v) is 7.93. The highest BCUT2D eigenvalue weighted by Crippen LogP contribution is 1.95. The first-order valence-corrected chi connectivity index (χ1v) is 3.88. The van der Waals surface area contributed by atoms with E-state index < -0.39 is 17.8 Å². The quantitative estimate of drug-likeness (QED) is 0.111. The molecule has 9 nitrogen and oxygen atoms in total. The van der Waals surface area contributed by atoms with Crippen molar-refractivity contribution in [2.24, 2.45) is 28.0 Å². The van der Waals surface area contributed by atoms with E-state index in [1.54, 1.807) is 0 Å². The van der Waals surface area contributed by atoms with Crippen molar-refractivity contribution in [2.45, 2.75) is 12.8 Å². The molecule has 0 rings (SSSR count). The van der Waals surface area contributed by atoms with Gasteiger partial charge < -0.3 is 17.2 Å². The lowest BCUT2D eigenvalue weighted by Gasteiger charge is -2.12. The van der Waals surface area contributed by atoms with Gasteiger partial charge in [-0.05, 0) is 0 Å². The number of nitrogens with one attached hydrogen (secondary N) is 1. The van der Waals surface area contributed by atoms with E-state index in [9.17, 15) is 9.59 Å². The lowest BCUT2D eigenvalue weighted by molar-refractivity contribution is -0.130. The zero-order valence-electron chi connectivity index (χ0n) is 7.93. The Morgan fingerprint density at radius 2 is 1.73 bits per heavy atom. The molecule has 0 aromatic rings. The third kappa shape index (κ3) is 5.21. The van der Waals surface area contributed by atoms with E-state index in [4.69, 9.17) is 28.5 Å². The number of nitrogens with two attached hydrogens (primary N) is 4. The summed E-state index contributed by atoms with van der Waals surface area (Å²) in [5.74, 6) is 2.81. The molecule has 0 unspecified atom stereocenters. The predicted molar refractivity (Wildman–Crippen MR) is 53.0 cm³/mol. The van der Waals surface area contributed by atoms with Crippen LogP contribution in [0.4, 0.5) is 0 Å². The SMILES string of the molecule is N=C(N)N(N)C(=O)CCC(=O)N=C(N)N. The number of nitrogens with zero attached hydrogens (tertiary/aromatic N) is 2. The second-order valence-corrected chi connectivity index (χ2v) is 2.58. The number of amides is 2. The molecule has 0 aliphatic carbocycles. The second-order valence-electron chi connectivity index (χ2n) is 2.58. The Hall–Kier alpha value is -2.16. The summed E-state index contributed by atoms with van der Waals surface area (Å²) in [6.07, 6.45) is -0.413. The van der Waals surface area contributed by atoms with Crippen molar-refractivity contribution in [3.05, 3.63) is 0 Å². The van der Waals surface area contributed by atoms with Crippen molar-refractivity contribution >= 4 is 23.7 Å². The maximum atomic E-state index is 11.1. The van der Waals surface area contributed by atoms with Crippen LogP contribution in [0.25, 0.3) is 0 Å². The summed E-state index contributed by atoms with van der Waals surface area (Å²) >= 11 is 0. The van der Waals surface area contributed by atoms with Crippen LogP contribution >= 0.6 is 0 Å². The number of hydrogen-bond acceptors (Lipinski definition) is 4. The monoisotopic (exact) mass is 215 g/mol. The largest absolute Gasteiger partial charge is 0.370 e. The molecule has 9 heteroatoms. The van der Waals surface area contributed by atoms with Gasteiger partial charge in [0.05, 0.1) is 0 Å². The fraction of sp³-hybridized carbons (Fsp3) is 0.333. The van der Waals surface area contributed by atoms with Crippen molar-refractivity contribution in [2.75, 3.05) is 0 Å². The average Bonchev–Trinajstić information content (AvgIpc) is 2.11. The number of carbonyl (C=O) groups is 2. The first kappa shape index (κ1) is 12.8. The van der Waals surface area contributed by atoms with Crippen molar-refractivity contribution in [1.82, 2.24) is 5.01 Å². The van der Waals surface area contributed by atoms with Gasteiger partial charge in [0.25, 0.3) is 0 Å². The third-order valence-electron chi connectivity index (χ3n) is 1.33. The topological polar surface area (TPSA) is 178 Å². The minimum absolute atomic E-state index is 0.197. The second kappa shape index (κ2) is 5.54. The highest BCUT2D eigenvalue weighted by molar-refractivity contribution is 5.97. The number of carbonyl (C=O) groups excluding carboxylic acids is 2. The molecule has 0 aromatic heterocycles. The van der Waals surface area contributed by atoms with Gasteiger partial charge >= 0.3 is 0 Å². The number of aliphatic imine (C=N–C) groups is 1. The van der Waals surface area contributed by atoms with Crippen molar-refractivity contribution in [3.63, 3.8) is 0 Å². The Morgan fingerprint density at radius 3 is 2.13 bits per heavy atom. The fourth-order valence-electron chi connectivity index (χ4n) is 0.669. The van der Waals surface area contributed by atoms with Gasteiger partial charge in [-0.2, -0.15) is 4.99 Å². The minimum atomic E-state index is -0.665. The molecule has 15 heavy (non-hydrogen) atoms. The fourth-order valence-corrected chi connectivity index (χ4v) is 0.669. The average molecular weight is 215 g/mol. The van der Waals surface area contributed by atoms with Gasteiger partial charge in [0.2, 0.25) is 17.8 Å². The molecular formula is C6H13N7O2. The highest BCUT2D eigenvalue weighted by Gasteiger charge is 2.13. The normalized spacial score (nSPS) is 9.13. The summed E-state index contributed by atoms with van der Waals surface area (Å²) < 4.78 is 0. The Kier molecular flexibility index (Phi) is 4.75. The molecule has 0 aliphatic heterocycles. The van der Waals surface area contributed by atoms with E-state index in [1.807, 2.05) is 0 Å². The number of guanidine groups is 2. The van der Waals surface area contributed by atoms with E-state index in [0.717, 1.165) is 0 Å². The van der Waals surface area contributed by atoms with Crippen molar-refractivity contribution < 1.29 is 9.59 Å². The molecule has 0 spiro atoms. The lowest BCUT2D eigenvalue weighted by atomic mass is 10.3. The molecule has 2 amide bonds. The van der Waals surface area contributed by atoms with Crippen molar-refractivity contribution in [1.29, 1.82) is 5.41 Å². The third-order valence-corrected chi connectivity index (χ3v) is 1.33. The van der Waals surface area contributed by atoms with E-state index in [-0.39, 0.29) is 18.8 Å². The molecule has 0 atom stereocenters. The van der Waals surface area contributed by atoms with Crippen LogP contribution in [0.2, 0.25) is 0 Å². The highest BCUT2D eigenvalue weighted by atomic mass is 16.2. The first-order chi connectivity index (χ1) is 6.84. The summed E-state index contributed by atoms with van der Waals surface area (Å²) in [6.45, 7) is 0. The molecule has 0 saturated heterocycles. The molecule has 0 bridgehead atoms. The summed E-state index contributed by atoms with van der Waals surface area (Å²) in [5.41, 5.74) is 14.8. The molecule has 0 aliphatic rings. The van der Waals surface area contributed by atoms with Crippen LogP contribution in [0.15, 0.2) is 4.99 Å². The molecule has 0 radical (unpaired) electrons. The Bertz CT molecular complexity index is 307.